The number of nitrogens with zero attached hydrogens (tertiary/aromatic N) is 2. The van der Waals surface area contributed by atoms with Gasteiger partial charge in [-0.1, -0.05) is 12.8 Å². The molecule has 6 nitrogen and oxygen atoms in total. The predicted molar refractivity (Wildman–Crippen MR) is 68.8 cm³/mol. The Morgan fingerprint density at radius 2 is 1.89 bits per heavy atom. The molecule has 108 valence electrons. The average molecular weight is 270 g/mol. The van der Waals surface area contributed by atoms with E-state index in [4.69, 9.17) is 5.11 Å². The molecule has 0 radical (unpaired) electrons. The normalized spacial score (nSPS) is 23.8. The quantitative estimate of drug-likeness (QED) is 0.795. The molecule has 1 unspecified atom stereocenters. The Balaban J connectivity index is 2.07. The highest BCUT2D eigenvalue weighted by atomic mass is 16.4. The smallest absolute Gasteiger partial charge is 0.323 e. The number of aliphatic carboxylic acids is 1. The first-order valence-corrected chi connectivity index (χ1v) is 7.03. The molecule has 2 N–H and O–H groups in total. The van der Waals surface area contributed by atoms with Crippen LogP contribution in [0.5, 0.6) is 0 Å². The van der Waals surface area contributed by atoms with Crippen molar-refractivity contribution in [3.8, 4) is 0 Å². The van der Waals surface area contributed by atoms with Crippen molar-refractivity contribution < 1.29 is 19.8 Å². The number of aliphatic hydroxyl groups is 1. The largest absolute Gasteiger partial charge is 0.480 e. The van der Waals surface area contributed by atoms with Gasteiger partial charge in [0.25, 0.3) is 0 Å². The summed E-state index contributed by atoms with van der Waals surface area (Å²) < 4.78 is 0. The molecule has 1 saturated heterocycles. The molecule has 1 aliphatic carbocycles. The van der Waals surface area contributed by atoms with Crippen LogP contribution >= 0.6 is 0 Å². The topological polar surface area (TPSA) is 81.1 Å². The van der Waals surface area contributed by atoms with Crippen LogP contribution in [0.3, 0.4) is 0 Å². The number of urea groups is 1. The number of carbonyl (C=O) groups is 2. The minimum Gasteiger partial charge on any atom is -0.480 e. The standard InChI is InChI=1S/C13H22N2O4/c16-9-11-4-2-1-3-7-14(11)13(19)15(8-12(17)18)10-5-6-10/h10-11,16H,1-9H2,(H,17,18). The molecule has 0 spiro atoms. The van der Waals surface area contributed by atoms with E-state index in [0.717, 1.165) is 38.5 Å². The molecular weight excluding hydrogens is 248 g/mol. The Hall–Kier alpha value is -1.30. The lowest BCUT2D eigenvalue weighted by Gasteiger charge is -2.33. The minimum absolute atomic E-state index is 0.0443. The number of carbonyl (C=O) groups excluding carboxylic acids is 1. The SMILES string of the molecule is O=C(O)CN(C(=O)N1CCCCCC1CO)C1CC1. The van der Waals surface area contributed by atoms with Crippen molar-refractivity contribution >= 4 is 12.0 Å². The summed E-state index contributed by atoms with van der Waals surface area (Å²) >= 11 is 0. The fraction of sp³-hybridized carbons (Fsp3) is 0.846. The van der Waals surface area contributed by atoms with Crippen LogP contribution in [0.4, 0.5) is 4.79 Å². The molecule has 1 atom stereocenters. The second-order valence-corrected chi connectivity index (χ2v) is 5.41. The lowest BCUT2D eigenvalue weighted by atomic mass is 10.1. The number of amides is 2. The fourth-order valence-electron chi connectivity index (χ4n) is 2.67. The minimum atomic E-state index is -0.976. The molecule has 6 heteroatoms. The summed E-state index contributed by atoms with van der Waals surface area (Å²) in [4.78, 5) is 26.5. The number of carboxylic acids is 1. The molecule has 0 aromatic rings. The van der Waals surface area contributed by atoms with Gasteiger partial charge in [-0.2, -0.15) is 0 Å². The summed E-state index contributed by atoms with van der Waals surface area (Å²) in [5.41, 5.74) is 0. The molecule has 1 aliphatic heterocycles. The van der Waals surface area contributed by atoms with E-state index in [2.05, 4.69) is 0 Å². The van der Waals surface area contributed by atoms with Crippen molar-refractivity contribution in [3.63, 3.8) is 0 Å². The lowest BCUT2D eigenvalue weighted by Crippen LogP contribution is -2.51. The van der Waals surface area contributed by atoms with Gasteiger partial charge in [-0.3, -0.25) is 4.79 Å². The molecule has 0 aromatic carbocycles. The molecule has 1 heterocycles. The number of likely N-dealkylation sites (tertiary alicyclic amines) is 1. The third kappa shape index (κ3) is 3.59. The molecule has 0 aromatic heterocycles. The first-order valence-electron chi connectivity index (χ1n) is 7.03. The van der Waals surface area contributed by atoms with E-state index in [0.29, 0.717) is 6.54 Å². The highest BCUT2D eigenvalue weighted by molar-refractivity contribution is 5.81. The van der Waals surface area contributed by atoms with Crippen LogP contribution in [-0.2, 0) is 4.79 Å². The monoisotopic (exact) mass is 270 g/mol. The molecule has 1 saturated carbocycles. The zero-order chi connectivity index (χ0) is 13.8. The van der Waals surface area contributed by atoms with Crippen LogP contribution < -0.4 is 0 Å². The number of aliphatic hydroxyl groups excluding tert-OH is 1. The van der Waals surface area contributed by atoms with Gasteiger partial charge in [0.05, 0.1) is 12.6 Å². The maximum absolute atomic E-state index is 12.5. The van der Waals surface area contributed by atoms with Gasteiger partial charge in [0.15, 0.2) is 0 Å². The van der Waals surface area contributed by atoms with Gasteiger partial charge in [-0.25, -0.2) is 4.79 Å². The summed E-state index contributed by atoms with van der Waals surface area (Å²) in [5, 5.41) is 18.3. The molecule has 0 bridgehead atoms. The number of hydrogen-bond donors (Lipinski definition) is 2. The zero-order valence-corrected chi connectivity index (χ0v) is 11.1. The average Bonchev–Trinajstić information content (AvgIpc) is 3.20. The maximum Gasteiger partial charge on any atom is 0.323 e. The van der Waals surface area contributed by atoms with Gasteiger partial charge < -0.3 is 20.0 Å². The summed E-state index contributed by atoms with van der Waals surface area (Å²) in [7, 11) is 0. The van der Waals surface area contributed by atoms with E-state index in [1.165, 1.54) is 4.90 Å². The predicted octanol–water partition coefficient (Wildman–Crippen LogP) is 0.892. The molecule has 2 rings (SSSR count). The third-order valence-electron chi connectivity index (χ3n) is 3.87. The summed E-state index contributed by atoms with van der Waals surface area (Å²) in [6.07, 6.45) is 5.56. The van der Waals surface area contributed by atoms with Gasteiger partial charge in [0.2, 0.25) is 0 Å². The van der Waals surface area contributed by atoms with E-state index in [1.807, 2.05) is 0 Å². The summed E-state index contributed by atoms with van der Waals surface area (Å²) in [5.74, 6) is -0.976. The number of hydrogen-bond acceptors (Lipinski definition) is 3. The van der Waals surface area contributed by atoms with Crippen molar-refractivity contribution in [2.75, 3.05) is 19.7 Å². The van der Waals surface area contributed by atoms with Crippen LogP contribution in [0.15, 0.2) is 0 Å². The van der Waals surface area contributed by atoms with Crippen LogP contribution in [-0.4, -0.2) is 63.8 Å². The van der Waals surface area contributed by atoms with Gasteiger partial charge in [-0.15, -0.1) is 0 Å². The Labute approximate surface area is 113 Å². The van der Waals surface area contributed by atoms with E-state index >= 15 is 0 Å². The second-order valence-electron chi connectivity index (χ2n) is 5.41. The maximum atomic E-state index is 12.5. The first-order chi connectivity index (χ1) is 9.13. The summed E-state index contributed by atoms with van der Waals surface area (Å²) in [6, 6.07) is -0.304. The number of rotatable bonds is 4. The van der Waals surface area contributed by atoms with Gasteiger partial charge in [0.1, 0.15) is 6.54 Å². The third-order valence-corrected chi connectivity index (χ3v) is 3.87. The van der Waals surface area contributed by atoms with Crippen LogP contribution in [0.25, 0.3) is 0 Å². The van der Waals surface area contributed by atoms with Crippen molar-refractivity contribution in [1.29, 1.82) is 0 Å². The molecule has 2 fully saturated rings. The van der Waals surface area contributed by atoms with Gasteiger partial charge >= 0.3 is 12.0 Å². The van der Waals surface area contributed by atoms with E-state index in [9.17, 15) is 14.7 Å². The van der Waals surface area contributed by atoms with Crippen molar-refractivity contribution in [3.05, 3.63) is 0 Å². The van der Waals surface area contributed by atoms with Crippen LogP contribution in [0.1, 0.15) is 38.5 Å². The molecule has 2 aliphatic rings. The Morgan fingerprint density at radius 3 is 2.47 bits per heavy atom. The first kappa shape index (κ1) is 14.1. The van der Waals surface area contributed by atoms with E-state index in [1.54, 1.807) is 4.90 Å². The Bertz CT molecular complexity index is 344. The van der Waals surface area contributed by atoms with E-state index < -0.39 is 5.97 Å². The van der Waals surface area contributed by atoms with Crippen molar-refractivity contribution in [2.24, 2.45) is 0 Å². The molecule has 19 heavy (non-hydrogen) atoms. The Kier molecular flexibility index (Phi) is 4.63. The van der Waals surface area contributed by atoms with Crippen molar-refractivity contribution in [1.82, 2.24) is 9.80 Å². The second kappa shape index (κ2) is 6.23. The molecular formula is C13H22N2O4. The summed E-state index contributed by atoms with van der Waals surface area (Å²) in [6.45, 7) is 0.336. The molecule has 2 amide bonds. The Morgan fingerprint density at radius 1 is 1.16 bits per heavy atom. The van der Waals surface area contributed by atoms with Gasteiger partial charge in [0, 0.05) is 12.6 Å². The zero-order valence-electron chi connectivity index (χ0n) is 11.1. The fourth-order valence-corrected chi connectivity index (χ4v) is 2.67. The van der Waals surface area contributed by atoms with E-state index in [-0.39, 0.29) is 31.3 Å². The van der Waals surface area contributed by atoms with Crippen LogP contribution in [0, 0.1) is 0 Å². The highest BCUT2D eigenvalue weighted by Crippen LogP contribution is 2.29. The van der Waals surface area contributed by atoms with Gasteiger partial charge in [-0.05, 0) is 25.7 Å². The van der Waals surface area contributed by atoms with Crippen LogP contribution in [0.2, 0.25) is 0 Å². The van der Waals surface area contributed by atoms with Crippen molar-refractivity contribution in [2.45, 2.75) is 50.6 Å². The number of carboxylic acid groups (broad SMARTS) is 1. The lowest BCUT2D eigenvalue weighted by molar-refractivity contribution is -0.137. The highest BCUT2D eigenvalue weighted by Gasteiger charge is 2.38.